The van der Waals surface area contributed by atoms with Crippen LogP contribution >= 0.6 is 23.2 Å². The minimum absolute atomic E-state index is 0.103. The molecule has 0 bridgehead atoms. The van der Waals surface area contributed by atoms with Gasteiger partial charge in [-0.3, -0.25) is 4.79 Å². The number of fused-ring (bicyclic) bond motifs is 1. The van der Waals surface area contributed by atoms with Crippen LogP contribution in [0.3, 0.4) is 0 Å². The number of hydrogen-bond donors (Lipinski definition) is 1. The molecular weight excluding hydrogens is 311 g/mol. The summed E-state index contributed by atoms with van der Waals surface area (Å²) in [4.78, 5) is 11.3. The largest absolute Gasteiger partial charge is 0.481 e. The molecule has 0 aromatic heterocycles. The molecule has 5 unspecified atom stereocenters. The monoisotopic (exact) mass is 328 g/mol. The van der Waals surface area contributed by atoms with Crippen LogP contribution < -0.4 is 0 Å². The molecule has 1 saturated heterocycles. The number of carboxylic acid groups (broad SMARTS) is 1. The Bertz CT molecular complexity index is 488. The fourth-order valence-electron chi connectivity index (χ4n) is 3.43. The van der Waals surface area contributed by atoms with Gasteiger partial charge in [-0.2, -0.15) is 0 Å². The number of sulfone groups is 1. The molecule has 110 valence electrons. The van der Waals surface area contributed by atoms with Crippen LogP contribution in [0.25, 0.3) is 0 Å². The topological polar surface area (TPSA) is 71.4 Å². The third kappa shape index (κ3) is 2.49. The Labute approximate surface area is 123 Å². The van der Waals surface area contributed by atoms with E-state index in [0.717, 1.165) is 0 Å². The van der Waals surface area contributed by atoms with Gasteiger partial charge in [0, 0.05) is 0 Å². The van der Waals surface area contributed by atoms with E-state index in [0.29, 0.717) is 6.42 Å². The Balaban J connectivity index is 2.47. The maximum absolute atomic E-state index is 12.2. The zero-order chi connectivity index (χ0) is 14.6. The molecule has 2 rings (SSSR count). The van der Waals surface area contributed by atoms with E-state index in [4.69, 9.17) is 23.2 Å². The fraction of sp³-hybridized carbons (Fsp3) is 0.917. The van der Waals surface area contributed by atoms with Crippen LogP contribution in [0.1, 0.15) is 26.7 Å². The Morgan fingerprint density at radius 3 is 2.42 bits per heavy atom. The highest BCUT2D eigenvalue weighted by atomic mass is 35.5. The average molecular weight is 329 g/mol. The third-order valence-electron chi connectivity index (χ3n) is 4.58. The van der Waals surface area contributed by atoms with Crippen molar-refractivity contribution >= 4 is 39.0 Å². The molecular formula is C12H18Cl2O4S. The normalized spacial score (nSPS) is 44.3. The standard InChI is InChI=1S/C12H18Cl2O4S/c1-12(2)3-4-19(17,18)10-7(13)5-6(11(15)16)9(14)8(10)12/h6-10H,3-5H2,1-2H3,(H,15,16). The highest BCUT2D eigenvalue weighted by Crippen LogP contribution is 2.52. The van der Waals surface area contributed by atoms with Gasteiger partial charge in [0.25, 0.3) is 0 Å². The van der Waals surface area contributed by atoms with E-state index in [9.17, 15) is 18.3 Å². The van der Waals surface area contributed by atoms with Gasteiger partial charge in [-0.25, -0.2) is 8.42 Å². The van der Waals surface area contributed by atoms with Crippen molar-refractivity contribution in [1.29, 1.82) is 0 Å². The number of aliphatic carboxylic acids is 1. The molecule has 0 amide bonds. The highest BCUT2D eigenvalue weighted by Gasteiger charge is 2.58. The average Bonchev–Trinajstić information content (AvgIpc) is 2.26. The van der Waals surface area contributed by atoms with Crippen molar-refractivity contribution in [2.24, 2.45) is 17.3 Å². The first-order chi connectivity index (χ1) is 8.58. The van der Waals surface area contributed by atoms with Crippen molar-refractivity contribution in [3.63, 3.8) is 0 Å². The van der Waals surface area contributed by atoms with E-state index in [1.54, 1.807) is 0 Å². The van der Waals surface area contributed by atoms with Crippen molar-refractivity contribution in [3.05, 3.63) is 0 Å². The van der Waals surface area contributed by atoms with Crippen LogP contribution in [0.15, 0.2) is 0 Å². The third-order valence-corrected chi connectivity index (χ3v) is 7.98. The van der Waals surface area contributed by atoms with Crippen LogP contribution in [0.2, 0.25) is 0 Å². The second-order valence-electron chi connectivity index (χ2n) is 6.24. The first kappa shape index (κ1) is 15.4. The molecule has 5 atom stereocenters. The molecule has 0 aromatic rings. The Kier molecular flexibility index (Phi) is 3.87. The predicted molar refractivity (Wildman–Crippen MR) is 74.5 cm³/mol. The van der Waals surface area contributed by atoms with Crippen LogP contribution in [-0.2, 0) is 14.6 Å². The lowest BCUT2D eigenvalue weighted by molar-refractivity contribution is -0.143. The van der Waals surface area contributed by atoms with Crippen LogP contribution in [-0.4, -0.2) is 41.3 Å². The van der Waals surface area contributed by atoms with Gasteiger partial charge in [-0.15, -0.1) is 23.2 Å². The van der Waals surface area contributed by atoms with E-state index in [-0.39, 0.29) is 17.6 Å². The summed E-state index contributed by atoms with van der Waals surface area (Å²) in [7, 11) is -3.30. The van der Waals surface area contributed by atoms with Gasteiger partial charge in [-0.1, -0.05) is 13.8 Å². The Morgan fingerprint density at radius 1 is 1.32 bits per heavy atom. The fourth-order valence-corrected chi connectivity index (χ4v) is 7.67. The van der Waals surface area contributed by atoms with E-state index < -0.39 is 43.6 Å². The van der Waals surface area contributed by atoms with Crippen molar-refractivity contribution in [2.75, 3.05) is 5.75 Å². The Morgan fingerprint density at radius 2 is 1.89 bits per heavy atom. The molecule has 1 aliphatic heterocycles. The summed E-state index contributed by atoms with van der Waals surface area (Å²) in [5.74, 6) is -2.09. The smallest absolute Gasteiger partial charge is 0.308 e. The minimum atomic E-state index is -3.30. The summed E-state index contributed by atoms with van der Waals surface area (Å²) < 4.78 is 24.5. The van der Waals surface area contributed by atoms with Crippen LogP contribution in [0.5, 0.6) is 0 Å². The first-order valence-corrected chi connectivity index (χ1v) is 8.89. The number of halogens is 2. The van der Waals surface area contributed by atoms with Crippen molar-refractivity contribution in [2.45, 2.75) is 42.7 Å². The number of carboxylic acids is 1. The molecule has 1 saturated carbocycles. The van der Waals surface area contributed by atoms with E-state index in [2.05, 4.69) is 0 Å². The van der Waals surface area contributed by atoms with Gasteiger partial charge >= 0.3 is 5.97 Å². The SMILES string of the molecule is CC1(C)CCS(=O)(=O)C2C(Cl)CC(C(=O)O)C(Cl)C21. The molecule has 1 aliphatic carbocycles. The number of carbonyl (C=O) groups is 1. The van der Waals surface area contributed by atoms with Crippen LogP contribution in [0, 0.1) is 17.3 Å². The molecule has 1 heterocycles. The number of hydrogen-bond acceptors (Lipinski definition) is 3. The molecule has 4 nitrogen and oxygen atoms in total. The maximum atomic E-state index is 12.2. The molecule has 0 aromatic carbocycles. The summed E-state index contributed by atoms with van der Waals surface area (Å²) >= 11 is 12.5. The molecule has 1 N–H and O–H groups in total. The second-order valence-corrected chi connectivity index (χ2v) is 9.58. The zero-order valence-corrected chi connectivity index (χ0v) is 13.2. The molecule has 0 radical (unpaired) electrons. The molecule has 0 spiro atoms. The van der Waals surface area contributed by atoms with Crippen molar-refractivity contribution < 1.29 is 18.3 Å². The number of rotatable bonds is 1. The van der Waals surface area contributed by atoms with Crippen molar-refractivity contribution in [3.8, 4) is 0 Å². The zero-order valence-electron chi connectivity index (χ0n) is 10.8. The van der Waals surface area contributed by atoms with E-state index in [1.807, 2.05) is 13.8 Å². The van der Waals surface area contributed by atoms with Crippen LogP contribution in [0.4, 0.5) is 0 Å². The van der Waals surface area contributed by atoms with Gasteiger partial charge in [0.2, 0.25) is 0 Å². The summed E-state index contributed by atoms with van der Waals surface area (Å²) in [5, 5.41) is 7.13. The Hall–Kier alpha value is -0.000000000000000111. The van der Waals surface area contributed by atoms with E-state index in [1.165, 1.54) is 0 Å². The lowest BCUT2D eigenvalue weighted by Gasteiger charge is -2.51. The molecule has 2 fully saturated rings. The van der Waals surface area contributed by atoms with Gasteiger partial charge < -0.3 is 5.11 Å². The summed E-state index contributed by atoms with van der Waals surface area (Å²) in [6.45, 7) is 3.89. The second kappa shape index (κ2) is 4.78. The molecule has 7 heteroatoms. The lowest BCUT2D eigenvalue weighted by atomic mass is 9.65. The minimum Gasteiger partial charge on any atom is -0.481 e. The van der Waals surface area contributed by atoms with Gasteiger partial charge in [0.1, 0.15) is 0 Å². The summed E-state index contributed by atoms with van der Waals surface area (Å²) in [6.07, 6.45) is 0.608. The number of alkyl halides is 2. The maximum Gasteiger partial charge on any atom is 0.308 e. The van der Waals surface area contributed by atoms with Gasteiger partial charge in [0.15, 0.2) is 9.84 Å². The predicted octanol–water partition coefficient (Wildman–Crippen LogP) is 2.14. The van der Waals surface area contributed by atoms with E-state index >= 15 is 0 Å². The molecule has 19 heavy (non-hydrogen) atoms. The lowest BCUT2D eigenvalue weighted by Crippen LogP contribution is -2.59. The van der Waals surface area contributed by atoms with Gasteiger partial charge in [-0.05, 0) is 24.2 Å². The first-order valence-electron chi connectivity index (χ1n) is 6.30. The molecule has 2 aliphatic rings. The van der Waals surface area contributed by atoms with Crippen molar-refractivity contribution in [1.82, 2.24) is 0 Å². The van der Waals surface area contributed by atoms with Gasteiger partial charge in [0.05, 0.1) is 27.7 Å². The highest BCUT2D eigenvalue weighted by molar-refractivity contribution is 7.92. The summed E-state index contributed by atoms with van der Waals surface area (Å²) in [6, 6.07) is 0. The summed E-state index contributed by atoms with van der Waals surface area (Å²) in [5.41, 5.74) is -0.316. The quantitative estimate of drug-likeness (QED) is 0.748.